The Hall–Kier alpha value is -1.55. The lowest BCUT2D eigenvalue weighted by Gasteiger charge is -2.39. The minimum Gasteiger partial charge on any atom is -0.497 e. The Labute approximate surface area is 107 Å². The third-order valence-electron chi connectivity index (χ3n) is 3.97. The van der Waals surface area contributed by atoms with Crippen LogP contribution >= 0.6 is 0 Å². The molecule has 4 heteroatoms. The zero-order valence-electron chi connectivity index (χ0n) is 10.8. The number of hydrogen-bond acceptors (Lipinski definition) is 3. The van der Waals surface area contributed by atoms with Crippen LogP contribution in [0.4, 0.5) is 0 Å². The normalized spacial score (nSPS) is 27.8. The molecule has 1 aromatic carbocycles. The highest BCUT2D eigenvalue weighted by Crippen LogP contribution is 2.38. The quantitative estimate of drug-likeness (QED) is 0.855. The summed E-state index contributed by atoms with van der Waals surface area (Å²) in [7, 11) is 1.61. The number of carboxylic acids is 1. The average Bonchev–Trinajstić information content (AvgIpc) is 2.39. The van der Waals surface area contributed by atoms with Gasteiger partial charge in [0.1, 0.15) is 5.75 Å². The lowest BCUT2D eigenvalue weighted by atomic mass is 9.67. The fourth-order valence-electron chi connectivity index (χ4n) is 2.78. The highest BCUT2D eigenvalue weighted by Gasteiger charge is 2.46. The molecule has 0 aliphatic carbocycles. The molecule has 18 heavy (non-hydrogen) atoms. The van der Waals surface area contributed by atoms with Crippen molar-refractivity contribution in [3.8, 4) is 5.75 Å². The Balaban J connectivity index is 2.42. The SMILES string of the molecule is COc1ccc(C2(C(=O)O)CCNCC2C)cc1. The molecule has 0 spiro atoms. The number of methoxy groups -OCH3 is 1. The number of benzene rings is 1. The van der Waals surface area contributed by atoms with Gasteiger partial charge in [0.15, 0.2) is 0 Å². The first kappa shape index (κ1) is 12.9. The molecule has 2 atom stereocenters. The molecule has 1 heterocycles. The summed E-state index contributed by atoms with van der Waals surface area (Å²) in [6.45, 7) is 3.46. The van der Waals surface area contributed by atoms with Crippen LogP contribution in [0.1, 0.15) is 18.9 Å². The van der Waals surface area contributed by atoms with Crippen molar-refractivity contribution in [2.75, 3.05) is 20.2 Å². The lowest BCUT2D eigenvalue weighted by Crippen LogP contribution is -2.51. The molecule has 0 radical (unpaired) electrons. The van der Waals surface area contributed by atoms with Crippen LogP contribution in [0.25, 0.3) is 0 Å². The predicted octanol–water partition coefficient (Wildman–Crippen LogP) is 1.65. The average molecular weight is 249 g/mol. The first-order valence-electron chi connectivity index (χ1n) is 6.20. The van der Waals surface area contributed by atoms with Crippen LogP contribution in [-0.4, -0.2) is 31.3 Å². The van der Waals surface area contributed by atoms with Crippen LogP contribution in [0.3, 0.4) is 0 Å². The van der Waals surface area contributed by atoms with Gasteiger partial charge in [0.2, 0.25) is 0 Å². The molecule has 98 valence electrons. The Morgan fingerprint density at radius 3 is 2.61 bits per heavy atom. The number of carbonyl (C=O) groups is 1. The molecule has 2 unspecified atom stereocenters. The van der Waals surface area contributed by atoms with Crippen molar-refractivity contribution in [2.24, 2.45) is 5.92 Å². The second-order valence-corrected chi connectivity index (χ2v) is 4.86. The zero-order valence-corrected chi connectivity index (χ0v) is 10.8. The molecular weight excluding hydrogens is 230 g/mol. The largest absolute Gasteiger partial charge is 0.497 e. The third-order valence-corrected chi connectivity index (χ3v) is 3.97. The Morgan fingerprint density at radius 2 is 2.11 bits per heavy atom. The molecule has 0 saturated carbocycles. The van der Waals surface area contributed by atoms with E-state index in [1.165, 1.54) is 0 Å². The fraction of sp³-hybridized carbons (Fsp3) is 0.500. The van der Waals surface area contributed by atoms with Crippen LogP contribution in [-0.2, 0) is 10.2 Å². The second kappa shape index (κ2) is 4.98. The Kier molecular flexibility index (Phi) is 3.57. The molecular formula is C14H19NO3. The first-order chi connectivity index (χ1) is 8.61. The highest BCUT2D eigenvalue weighted by atomic mass is 16.5. The van der Waals surface area contributed by atoms with Crippen LogP contribution in [0.2, 0.25) is 0 Å². The van der Waals surface area contributed by atoms with E-state index in [-0.39, 0.29) is 5.92 Å². The van der Waals surface area contributed by atoms with E-state index >= 15 is 0 Å². The van der Waals surface area contributed by atoms with E-state index in [0.717, 1.165) is 24.4 Å². The minimum absolute atomic E-state index is 0.0668. The maximum atomic E-state index is 11.8. The molecule has 1 aliphatic heterocycles. The molecule has 1 aromatic rings. The number of rotatable bonds is 3. The van der Waals surface area contributed by atoms with Crippen molar-refractivity contribution in [1.82, 2.24) is 5.32 Å². The molecule has 1 saturated heterocycles. The van der Waals surface area contributed by atoms with Gasteiger partial charge < -0.3 is 15.2 Å². The van der Waals surface area contributed by atoms with E-state index in [1.807, 2.05) is 31.2 Å². The van der Waals surface area contributed by atoms with Gasteiger partial charge in [0, 0.05) is 0 Å². The summed E-state index contributed by atoms with van der Waals surface area (Å²) in [5.74, 6) is 0.0830. The summed E-state index contributed by atoms with van der Waals surface area (Å²) in [6, 6.07) is 7.40. The van der Waals surface area contributed by atoms with Gasteiger partial charge in [-0.3, -0.25) is 4.79 Å². The molecule has 4 nitrogen and oxygen atoms in total. The van der Waals surface area contributed by atoms with Gasteiger partial charge >= 0.3 is 5.97 Å². The van der Waals surface area contributed by atoms with Crippen LogP contribution in [0.5, 0.6) is 5.75 Å². The third kappa shape index (κ3) is 1.97. The smallest absolute Gasteiger partial charge is 0.314 e. The van der Waals surface area contributed by atoms with Crippen molar-refractivity contribution in [3.63, 3.8) is 0 Å². The molecule has 1 fully saturated rings. The summed E-state index contributed by atoms with van der Waals surface area (Å²) in [5, 5.41) is 12.9. The minimum atomic E-state index is -0.780. The number of ether oxygens (including phenoxy) is 1. The summed E-state index contributed by atoms with van der Waals surface area (Å²) in [6.07, 6.45) is 0.621. The van der Waals surface area contributed by atoms with E-state index in [1.54, 1.807) is 7.11 Å². The van der Waals surface area contributed by atoms with Crippen molar-refractivity contribution in [2.45, 2.75) is 18.8 Å². The Morgan fingerprint density at radius 1 is 1.44 bits per heavy atom. The molecule has 2 N–H and O–H groups in total. The summed E-state index contributed by atoms with van der Waals surface area (Å²) >= 11 is 0. The van der Waals surface area contributed by atoms with Gasteiger partial charge in [-0.1, -0.05) is 19.1 Å². The number of piperidine rings is 1. The van der Waals surface area contributed by atoms with Gasteiger partial charge in [-0.2, -0.15) is 0 Å². The Bertz CT molecular complexity index is 429. The molecule has 0 aromatic heterocycles. The second-order valence-electron chi connectivity index (χ2n) is 4.86. The summed E-state index contributed by atoms with van der Waals surface area (Å²) in [5.41, 5.74) is 0.0853. The van der Waals surface area contributed by atoms with E-state index in [2.05, 4.69) is 5.32 Å². The maximum Gasteiger partial charge on any atom is 0.314 e. The number of carboxylic acid groups (broad SMARTS) is 1. The van der Waals surface area contributed by atoms with Crippen molar-refractivity contribution in [3.05, 3.63) is 29.8 Å². The van der Waals surface area contributed by atoms with Crippen LogP contribution in [0.15, 0.2) is 24.3 Å². The van der Waals surface area contributed by atoms with Crippen molar-refractivity contribution in [1.29, 1.82) is 0 Å². The summed E-state index contributed by atoms with van der Waals surface area (Å²) < 4.78 is 5.12. The van der Waals surface area contributed by atoms with Crippen LogP contribution in [0, 0.1) is 5.92 Å². The van der Waals surface area contributed by atoms with Gasteiger partial charge in [-0.25, -0.2) is 0 Å². The van der Waals surface area contributed by atoms with Crippen molar-refractivity contribution < 1.29 is 14.6 Å². The maximum absolute atomic E-state index is 11.8. The van der Waals surface area contributed by atoms with E-state index in [4.69, 9.17) is 4.74 Å². The monoisotopic (exact) mass is 249 g/mol. The van der Waals surface area contributed by atoms with Crippen molar-refractivity contribution >= 4 is 5.97 Å². The topological polar surface area (TPSA) is 58.6 Å². The number of aliphatic carboxylic acids is 1. The lowest BCUT2D eigenvalue weighted by molar-refractivity contribution is -0.147. The number of nitrogens with one attached hydrogen (secondary N) is 1. The van der Waals surface area contributed by atoms with Gasteiger partial charge in [0.25, 0.3) is 0 Å². The molecule has 0 amide bonds. The van der Waals surface area contributed by atoms with Crippen LogP contribution < -0.4 is 10.1 Å². The molecule has 2 rings (SSSR count). The first-order valence-corrected chi connectivity index (χ1v) is 6.20. The van der Waals surface area contributed by atoms with Gasteiger partial charge in [-0.15, -0.1) is 0 Å². The highest BCUT2D eigenvalue weighted by molar-refractivity contribution is 5.82. The zero-order chi connectivity index (χ0) is 13.2. The number of hydrogen-bond donors (Lipinski definition) is 2. The van der Waals surface area contributed by atoms with E-state index in [0.29, 0.717) is 6.42 Å². The van der Waals surface area contributed by atoms with Gasteiger partial charge in [0.05, 0.1) is 12.5 Å². The van der Waals surface area contributed by atoms with E-state index in [9.17, 15) is 9.90 Å². The summed E-state index contributed by atoms with van der Waals surface area (Å²) in [4.78, 5) is 11.8. The van der Waals surface area contributed by atoms with E-state index < -0.39 is 11.4 Å². The molecule has 1 aliphatic rings. The van der Waals surface area contributed by atoms with Gasteiger partial charge in [-0.05, 0) is 43.1 Å². The fourth-order valence-corrected chi connectivity index (χ4v) is 2.78. The predicted molar refractivity (Wildman–Crippen MR) is 69.0 cm³/mol. The standard InChI is InChI=1S/C14H19NO3/c1-10-9-15-8-7-14(10,13(16)17)11-3-5-12(18-2)6-4-11/h3-6,10,15H,7-9H2,1-2H3,(H,16,17). The molecule has 0 bridgehead atoms.